The van der Waals surface area contributed by atoms with E-state index in [2.05, 4.69) is 29.2 Å². The fraction of sp³-hybridized carbons (Fsp3) is 0.167. The second-order valence-electron chi connectivity index (χ2n) is 5.09. The highest BCUT2D eigenvalue weighted by Crippen LogP contribution is 2.25. The van der Waals surface area contributed by atoms with Gasteiger partial charge >= 0.3 is 0 Å². The quantitative estimate of drug-likeness (QED) is 0.779. The molecule has 0 saturated carbocycles. The van der Waals surface area contributed by atoms with E-state index < -0.39 is 6.10 Å². The summed E-state index contributed by atoms with van der Waals surface area (Å²) in [6.07, 6.45) is 3.59. The molecule has 3 rings (SSSR count). The lowest BCUT2D eigenvalue weighted by Gasteiger charge is -2.14. The van der Waals surface area contributed by atoms with E-state index in [1.165, 1.54) is 16.3 Å². The number of rotatable bonds is 3. The molecule has 0 bridgehead atoms. The lowest BCUT2D eigenvalue weighted by atomic mass is 9.96. The van der Waals surface area contributed by atoms with Crippen LogP contribution >= 0.6 is 0 Å². The molecule has 0 saturated heterocycles. The Balaban J connectivity index is 1.96. The molecule has 1 aromatic heterocycles. The summed E-state index contributed by atoms with van der Waals surface area (Å²) in [5, 5.41) is 12.9. The average Bonchev–Trinajstić information content (AvgIpc) is 2.48. The summed E-state index contributed by atoms with van der Waals surface area (Å²) in [4.78, 5) is 4.11. The first-order valence-electron chi connectivity index (χ1n) is 6.81. The van der Waals surface area contributed by atoms with E-state index >= 15 is 0 Å². The van der Waals surface area contributed by atoms with Crippen LogP contribution in [0.15, 0.2) is 60.9 Å². The molecule has 20 heavy (non-hydrogen) atoms. The summed E-state index contributed by atoms with van der Waals surface area (Å²) in [7, 11) is 0. The number of aliphatic hydroxyl groups is 1. The predicted octanol–water partition coefficient (Wildman–Crippen LogP) is 3.82. The Morgan fingerprint density at radius 2 is 1.85 bits per heavy atom. The Bertz CT molecular complexity index is 731. The number of hydrogen-bond acceptors (Lipinski definition) is 2. The topological polar surface area (TPSA) is 33.1 Å². The fourth-order valence-electron chi connectivity index (χ4n) is 2.61. The van der Waals surface area contributed by atoms with E-state index in [0.717, 1.165) is 11.1 Å². The SMILES string of the molecule is Cc1ccncc1C(O)Cc1cccc2ccccc12. The van der Waals surface area contributed by atoms with Crippen LogP contribution in [0, 0.1) is 6.92 Å². The number of pyridine rings is 1. The fourth-order valence-corrected chi connectivity index (χ4v) is 2.61. The molecule has 2 aromatic carbocycles. The Morgan fingerprint density at radius 1 is 1.05 bits per heavy atom. The van der Waals surface area contributed by atoms with Crippen molar-refractivity contribution in [2.24, 2.45) is 0 Å². The van der Waals surface area contributed by atoms with Crippen molar-refractivity contribution in [2.75, 3.05) is 0 Å². The van der Waals surface area contributed by atoms with Crippen LogP contribution in [0.2, 0.25) is 0 Å². The van der Waals surface area contributed by atoms with Gasteiger partial charge in [0, 0.05) is 24.4 Å². The maximum Gasteiger partial charge on any atom is 0.0848 e. The molecule has 3 aromatic rings. The minimum atomic E-state index is -0.519. The van der Waals surface area contributed by atoms with Gasteiger partial charge in [0.2, 0.25) is 0 Å². The normalized spacial score (nSPS) is 12.5. The van der Waals surface area contributed by atoms with Crippen LogP contribution in [-0.2, 0) is 6.42 Å². The monoisotopic (exact) mass is 263 g/mol. The molecule has 1 N–H and O–H groups in total. The Hall–Kier alpha value is -2.19. The Kier molecular flexibility index (Phi) is 3.48. The zero-order valence-electron chi connectivity index (χ0n) is 11.5. The van der Waals surface area contributed by atoms with Gasteiger partial charge in [-0.2, -0.15) is 0 Å². The molecule has 100 valence electrons. The summed E-state index contributed by atoms with van der Waals surface area (Å²) in [5.74, 6) is 0. The molecular weight excluding hydrogens is 246 g/mol. The maximum absolute atomic E-state index is 10.5. The van der Waals surface area contributed by atoms with Crippen molar-refractivity contribution in [2.45, 2.75) is 19.4 Å². The largest absolute Gasteiger partial charge is 0.388 e. The second kappa shape index (κ2) is 5.43. The van der Waals surface area contributed by atoms with E-state index in [0.29, 0.717) is 6.42 Å². The van der Waals surface area contributed by atoms with Crippen molar-refractivity contribution in [3.8, 4) is 0 Å². The molecule has 0 spiro atoms. The van der Waals surface area contributed by atoms with E-state index in [9.17, 15) is 5.11 Å². The zero-order chi connectivity index (χ0) is 13.9. The Morgan fingerprint density at radius 3 is 2.70 bits per heavy atom. The van der Waals surface area contributed by atoms with Gasteiger partial charge in [0.05, 0.1) is 6.10 Å². The van der Waals surface area contributed by atoms with Gasteiger partial charge in [-0.15, -0.1) is 0 Å². The highest BCUT2D eigenvalue weighted by atomic mass is 16.3. The van der Waals surface area contributed by atoms with Crippen molar-refractivity contribution in [3.05, 3.63) is 77.6 Å². The molecule has 0 aliphatic heterocycles. The summed E-state index contributed by atoms with van der Waals surface area (Å²) >= 11 is 0. The average molecular weight is 263 g/mol. The van der Waals surface area contributed by atoms with E-state index in [-0.39, 0.29) is 0 Å². The molecule has 0 aliphatic carbocycles. The van der Waals surface area contributed by atoms with Gasteiger partial charge in [0.1, 0.15) is 0 Å². The van der Waals surface area contributed by atoms with Crippen LogP contribution < -0.4 is 0 Å². The van der Waals surface area contributed by atoms with Crippen LogP contribution in [0.5, 0.6) is 0 Å². The maximum atomic E-state index is 10.5. The van der Waals surface area contributed by atoms with Crippen molar-refractivity contribution in [1.82, 2.24) is 4.98 Å². The zero-order valence-corrected chi connectivity index (χ0v) is 11.5. The molecule has 2 heteroatoms. The number of benzene rings is 2. The third-order valence-corrected chi connectivity index (χ3v) is 3.73. The summed E-state index contributed by atoms with van der Waals surface area (Å²) in [5.41, 5.74) is 3.15. The lowest BCUT2D eigenvalue weighted by molar-refractivity contribution is 0.177. The number of aryl methyl sites for hydroxylation is 1. The number of hydrogen-bond donors (Lipinski definition) is 1. The minimum absolute atomic E-state index is 0.519. The van der Waals surface area contributed by atoms with Crippen LogP contribution in [0.25, 0.3) is 10.8 Å². The summed E-state index contributed by atoms with van der Waals surface area (Å²) in [6, 6.07) is 16.4. The predicted molar refractivity (Wildman–Crippen MR) is 81.6 cm³/mol. The summed E-state index contributed by atoms with van der Waals surface area (Å²) < 4.78 is 0. The molecule has 0 amide bonds. The third kappa shape index (κ3) is 2.43. The molecular formula is C18H17NO. The Labute approximate surface area is 118 Å². The van der Waals surface area contributed by atoms with E-state index in [4.69, 9.17) is 0 Å². The van der Waals surface area contributed by atoms with E-state index in [1.807, 2.05) is 31.2 Å². The van der Waals surface area contributed by atoms with Crippen LogP contribution in [0.4, 0.5) is 0 Å². The first-order valence-corrected chi connectivity index (χ1v) is 6.81. The van der Waals surface area contributed by atoms with Crippen LogP contribution in [0.3, 0.4) is 0 Å². The number of aliphatic hydroxyl groups excluding tert-OH is 1. The molecule has 0 fully saturated rings. The van der Waals surface area contributed by atoms with E-state index in [1.54, 1.807) is 12.4 Å². The molecule has 0 aliphatic rings. The third-order valence-electron chi connectivity index (χ3n) is 3.73. The first kappa shape index (κ1) is 12.8. The van der Waals surface area contributed by atoms with Gasteiger partial charge in [-0.25, -0.2) is 0 Å². The van der Waals surface area contributed by atoms with Gasteiger partial charge < -0.3 is 5.11 Å². The number of fused-ring (bicyclic) bond motifs is 1. The molecule has 1 unspecified atom stereocenters. The van der Waals surface area contributed by atoms with Crippen molar-refractivity contribution in [3.63, 3.8) is 0 Å². The minimum Gasteiger partial charge on any atom is -0.388 e. The van der Waals surface area contributed by atoms with Gasteiger partial charge in [0.15, 0.2) is 0 Å². The highest BCUT2D eigenvalue weighted by Gasteiger charge is 2.12. The van der Waals surface area contributed by atoms with Crippen molar-refractivity contribution in [1.29, 1.82) is 0 Å². The van der Waals surface area contributed by atoms with Gasteiger partial charge in [-0.05, 0) is 34.9 Å². The smallest absolute Gasteiger partial charge is 0.0848 e. The molecule has 1 heterocycles. The molecule has 0 radical (unpaired) electrons. The van der Waals surface area contributed by atoms with Gasteiger partial charge in [-0.3, -0.25) is 4.98 Å². The van der Waals surface area contributed by atoms with Crippen molar-refractivity contribution < 1.29 is 5.11 Å². The van der Waals surface area contributed by atoms with Crippen LogP contribution in [-0.4, -0.2) is 10.1 Å². The van der Waals surface area contributed by atoms with Crippen LogP contribution in [0.1, 0.15) is 22.8 Å². The summed E-state index contributed by atoms with van der Waals surface area (Å²) in [6.45, 7) is 2.00. The number of aromatic nitrogens is 1. The molecule has 1 atom stereocenters. The highest BCUT2D eigenvalue weighted by molar-refractivity contribution is 5.85. The van der Waals surface area contributed by atoms with Gasteiger partial charge in [-0.1, -0.05) is 42.5 Å². The first-order chi connectivity index (χ1) is 9.75. The standard InChI is InChI=1S/C18H17NO/c1-13-9-10-19-12-17(13)18(20)11-15-7-4-6-14-5-2-3-8-16(14)15/h2-10,12,18,20H,11H2,1H3. The second-order valence-corrected chi connectivity index (χ2v) is 5.09. The van der Waals surface area contributed by atoms with Gasteiger partial charge in [0.25, 0.3) is 0 Å². The molecule has 2 nitrogen and oxygen atoms in total. The number of nitrogens with zero attached hydrogens (tertiary/aromatic N) is 1. The lowest BCUT2D eigenvalue weighted by Crippen LogP contribution is -2.04. The van der Waals surface area contributed by atoms with Crippen molar-refractivity contribution >= 4 is 10.8 Å².